The second-order valence-corrected chi connectivity index (χ2v) is 5.02. The Bertz CT molecular complexity index is 644. The van der Waals surface area contributed by atoms with Gasteiger partial charge in [0.15, 0.2) is 5.13 Å². The number of nitrogens with one attached hydrogen (secondary N) is 1. The van der Waals surface area contributed by atoms with E-state index in [0.717, 1.165) is 16.3 Å². The Kier molecular flexibility index (Phi) is 4.79. The number of rotatable bonds is 4. The molecule has 0 aliphatic heterocycles. The Hall–Kier alpha value is -2.27. The van der Waals surface area contributed by atoms with Crippen LogP contribution in [0.3, 0.4) is 0 Å². The molecule has 0 spiro atoms. The van der Waals surface area contributed by atoms with Crippen molar-refractivity contribution in [3.8, 4) is 10.6 Å². The molecule has 0 radical (unpaired) electrons. The maximum Gasteiger partial charge on any atom is 0.250 e. The van der Waals surface area contributed by atoms with Gasteiger partial charge in [0.2, 0.25) is 5.91 Å². The molecule has 102 valence electrons. The van der Waals surface area contributed by atoms with Crippen molar-refractivity contribution in [3.63, 3.8) is 0 Å². The molecule has 2 rings (SSSR count). The van der Waals surface area contributed by atoms with Crippen LogP contribution in [0, 0.1) is 6.92 Å². The molecule has 5 heteroatoms. The normalized spacial score (nSPS) is 11.3. The molecule has 0 atom stereocenters. The van der Waals surface area contributed by atoms with Gasteiger partial charge in [0.1, 0.15) is 0 Å². The van der Waals surface area contributed by atoms with E-state index in [4.69, 9.17) is 0 Å². The van der Waals surface area contributed by atoms with E-state index in [1.807, 2.05) is 38.1 Å². The monoisotopic (exact) mass is 285 g/mol. The van der Waals surface area contributed by atoms with Crippen molar-refractivity contribution < 1.29 is 4.79 Å². The van der Waals surface area contributed by atoms with Crippen LogP contribution in [-0.2, 0) is 4.79 Å². The van der Waals surface area contributed by atoms with E-state index in [-0.39, 0.29) is 5.91 Å². The van der Waals surface area contributed by atoms with Gasteiger partial charge in [-0.3, -0.25) is 15.1 Å². The van der Waals surface area contributed by atoms with Crippen LogP contribution < -0.4 is 5.32 Å². The highest BCUT2D eigenvalue weighted by Gasteiger charge is 2.11. The number of thiazole rings is 1. The molecule has 0 unspecified atom stereocenters. The molecule has 2 aromatic rings. The van der Waals surface area contributed by atoms with E-state index >= 15 is 0 Å². The first-order valence-electron chi connectivity index (χ1n) is 6.20. The predicted octanol–water partition coefficient (Wildman–Crippen LogP) is 3.58. The lowest BCUT2D eigenvalue weighted by Gasteiger charge is -1.95. The van der Waals surface area contributed by atoms with Gasteiger partial charge in [-0.15, -0.1) is 0 Å². The SMILES string of the molecule is C/C=C/C=C/C(=O)Nc1nc(C)c(-c2ccccn2)s1. The first-order valence-corrected chi connectivity index (χ1v) is 7.01. The highest BCUT2D eigenvalue weighted by atomic mass is 32.1. The summed E-state index contributed by atoms with van der Waals surface area (Å²) in [7, 11) is 0. The zero-order valence-corrected chi connectivity index (χ0v) is 12.1. The number of aryl methyl sites for hydroxylation is 1. The summed E-state index contributed by atoms with van der Waals surface area (Å²) in [6.07, 6.45) is 8.56. The number of anilines is 1. The lowest BCUT2D eigenvalue weighted by molar-refractivity contribution is -0.111. The zero-order valence-electron chi connectivity index (χ0n) is 11.3. The van der Waals surface area contributed by atoms with Gasteiger partial charge in [-0.05, 0) is 26.0 Å². The van der Waals surface area contributed by atoms with Crippen molar-refractivity contribution >= 4 is 22.4 Å². The number of allylic oxidation sites excluding steroid dienone is 3. The average Bonchev–Trinajstić information content (AvgIpc) is 2.81. The topological polar surface area (TPSA) is 54.9 Å². The standard InChI is InChI=1S/C15H15N3OS/c1-3-4-5-9-13(19)18-15-17-11(2)14(20-15)12-8-6-7-10-16-12/h3-10H,1-2H3,(H,17,18,19)/b4-3+,9-5+. The summed E-state index contributed by atoms with van der Waals surface area (Å²) in [5.41, 5.74) is 1.73. The number of carbonyl (C=O) groups is 1. The van der Waals surface area contributed by atoms with Crippen LogP contribution in [0.2, 0.25) is 0 Å². The smallest absolute Gasteiger partial charge is 0.250 e. The third-order valence-corrected chi connectivity index (χ3v) is 3.57. The second kappa shape index (κ2) is 6.77. The number of amides is 1. The Labute approximate surface area is 121 Å². The molecular formula is C15H15N3OS. The minimum absolute atomic E-state index is 0.190. The summed E-state index contributed by atoms with van der Waals surface area (Å²) in [6, 6.07) is 5.73. The van der Waals surface area contributed by atoms with Crippen LogP contribution >= 0.6 is 11.3 Å². The third kappa shape index (κ3) is 3.61. The van der Waals surface area contributed by atoms with E-state index < -0.39 is 0 Å². The summed E-state index contributed by atoms with van der Waals surface area (Å²) in [5, 5.41) is 3.33. The molecular weight excluding hydrogens is 270 g/mol. The van der Waals surface area contributed by atoms with Gasteiger partial charge in [0, 0.05) is 12.3 Å². The van der Waals surface area contributed by atoms with Crippen molar-refractivity contribution in [2.75, 3.05) is 5.32 Å². The minimum atomic E-state index is -0.190. The van der Waals surface area contributed by atoms with Crippen LogP contribution in [0.1, 0.15) is 12.6 Å². The highest BCUT2D eigenvalue weighted by Crippen LogP contribution is 2.31. The summed E-state index contributed by atoms with van der Waals surface area (Å²) in [6.45, 7) is 3.80. The zero-order chi connectivity index (χ0) is 14.4. The van der Waals surface area contributed by atoms with Gasteiger partial charge >= 0.3 is 0 Å². The van der Waals surface area contributed by atoms with E-state index in [1.54, 1.807) is 18.3 Å². The lowest BCUT2D eigenvalue weighted by Crippen LogP contribution is -2.07. The number of pyridine rings is 1. The molecule has 2 heterocycles. The molecule has 0 aromatic carbocycles. The van der Waals surface area contributed by atoms with Crippen molar-refractivity contribution in [3.05, 3.63) is 54.4 Å². The fraction of sp³-hybridized carbons (Fsp3) is 0.133. The first kappa shape index (κ1) is 14.1. The maximum atomic E-state index is 11.7. The molecule has 0 saturated carbocycles. The maximum absolute atomic E-state index is 11.7. The Morgan fingerprint density at radius 1 is 1.35 bits per heavy atom. The summed E-state index contributed by atoms with van der Waals surface area (Å²) < 4.78 is 0. The molecule has 0 saturated heterocycles. The largest absolute Gasteiger partial charge is 0.298 e. The number of aromatic nitrogens is 2. The van der Waals surface area contributed by atoms with Gasteiger partial charge in [-0.1, -0.05) is 35.6 Å². The molecule has 2 aromatic heterocycles. The fourth-order valence-corrected chi connectivity index (χ4v) is 2.53. The van der Waals surface area contributed by atoms with E-state index in [0.29, 0.717) is 5.13 Å². The predicted molar refractivity (Wildman–Crippen MR) is 82.7 cm³/mol. The van der Waals surface area contributed by atoms with Crippen LogP contribution in [-0.4, -0.2) is 15.9 Å². The van der Waals surface area contributed by atoms with E-state index in [1.165, 1.54) is 17.4 Å². The van der Waals surface area contributed by atoms with Crippen LogP contribution in [0.25, 0.3) is 10.6 Å². The molecule has 0 aliphatic rings. The van der Waals surface area contributed by atoms with Crippen LogP contribution in [0.4, 0.5) is 5.13 Å². The molecule has 0 aliphatic carbocycles. The number of hydrogen-bond donors (Lipinski definition) is 1. The third-order valence-electron chi connectivity index (χ3n) is 2.48. The molecule has 4 nitrogen and oxygen atoms in total. The summed E-state index contributed by atoms with van der Waals surface area (Å²) in [4.78, 5) is 21.3. The Morgan fingerprint density at radius 3 is 2.90 bits per heavy atom. The van der Waals surface area contributed by atoms with E-state index in [2.05, 4.69) is 15.3 Å². The van der Waals surface area contributed by atoms with Crippen molar-refractivity contribution in [1.29, 1.82) is 0 Å². The van der Waals surface area contributed by atoms with Gasteiger partial charge in [0.25, 0.3) is 0 Å². The van der Waals surface area contributed by atoms with Crippen LogP contribution in [0.5, 0.6) is 0 Å². The van der Waals surface area contributed by atoms with Crippen molar-refractivity contribution in [1.82, 2.24) is 9.97 Å². The Morgan fingerprint density at radius 2 is 2.20 bits per heavy atom. The molecule has 0 fully saturated rings. The molecule has 1 N–H and O–H groups in total. The molecule has 1 amide bonds. The van der Waals surface area contributed by atoms with Gasteiger partial charge in [0.05, 0.1) is 16.3 Å². The number of nitrogens with zero attached hydrogens (tertiary/aromatic N) is 2. The van der Waals surface area contributed by atoms with Gasteiger partial charge in [-0.25, -0.2) is 4.98 Å². The van der Waals surface area contributed by atoms with Crippen molar-refractivity contribution in [2.24, 2.45) is 0 Å². The van der Waals surface area contributed by atoms with Crippen molar-refractivity contribution in [2.45, 2.75) is 13.8 Å². The lowest BCUT2D eigenvalue weighted by atomic mass is 10.3. The van der Waals surface area contributed by atoms with Gasteiger partial charge in [-0.2, -0.15) is 0 Å². The quantitative estimate of drug-likeness (QED) is 0.690. The Balaban J connectivity index is 2.14. The summed E-state index contributed by atoms with van der Waals surface area (Å²) >= 11 is 1.42. The molecule has 0 bridgehead atoms. The average molecular weight is 285 g/mol. The highest BCUT2D eigenvalue weighted by molar-refractivity contribution is 7.19. The second-order valence-electron chi connectivity index (χ2n) is 4.02. The summed E-state index contributed by atoms with van der Waals surface area (Å²) in [5.74, 6) is -0.190. The number of hydrogen-bond acceptors (Lipinski definition) is 4. The molecule has 20 heavy (non-hydrogen) atoms. The first-order chi connectivity index (χ1) is 9.70. The van der Waals surface area contributed by atoms with Gasteiger partial charge < -0.3 is 0 Å². The fourth-order valence-electron chi connectivity index (χ4n) is 1.59. The van der Waals surface area contributed by atoms with E-state index in [9.17, 15) is 4.79 Å². The van der Waals surface area contributed by atoms with Crippen LogP contribution in [0.15, 0.2) is 48.7 Å². The number of carbonyl (C=O) groups excluding carboxylic acids is 1. The minimum Gasteiger partial charge on any atom is -0.298 e.